The Morgan fingerprint density at radius 1 is 1.64 bits per heavy atom. The summed E-state index contributed by atoms with van der Waals surface area (Å²) in [4.78, 5) is 11.0. The highest BCUT2D eigenvalue weighted by molar-refractivity contribution is 5.65. The molecule has 2 unspecified atom stereocenters. The number of halogens is 1. The molecule has 1 saturated heterocycles. The second kappa shape index (κ2) is 3.04. The van der Waals surface area contributed by atoms with Crippen LogP contribution in [0.2, 0.25) is 0 Å². The molecule has 1 amide bonds. The lowest BCUT2D eigenvalue weighted by molar-refractivity contribution is -0.00779. The fraction of sp³-hybridized carbons (Fsp3) is 0.833. The third-order valence-electron chi connectivity index (χ3n) is 1.75. The summed E-state index contributed by atoms with van der Waals surface area (Å²) >= 11 is 0. The quantitative estimate of drug-likeness (QED) is 0.508. The van der Waals surface area contributed by atoms with Crippen molar-refractivity contribution in [3.05, 3.63) is 0 Å². The Bertz CT molecular complexity index is 164. The second-order valence-electron chi connectivity index (χ2n) is 2.59. The van der Waals surface area contributed by atoms with Crippen molar-refractivity contribution in [1.82, 2.24) is 4.90 Å². The first kappa shape index (κ1) is 8.26. The molecule has 0 aromatic carbocycles. The lowest BCUT2D eigenvalue weighted by Gasteiger charge is -2.30. The molecule has 0 aromatic heterocycles. The van der Waals surface area contributed by atoms with E-state index in [1.807, 2.05) is 0 Å². The van der Waals surface area contributed by atoms with Crippen molar-refractivity contribution in [3.63, 3.8) is 0 Å². The van der Waals surface area contributed by atoms with Gasteiger partial charge >= 0.3 is 6.09 Å². The summed E-state index contributed by atoms with van der Waals surface area (Å²) < 4.78 is 12.7. The molecule has 0 saturated carbocycles. The number of aliphatic hydroxyl groups excluding tert-OH is 1. The van der Waals surface area contributed by atoms with Crippen LogP contribution in [0.15, 0.2) is 0 Å². The maximum absolute atomic E-state index is 12.7. The molecule has 1 aliphatic rings. The van der Waals surface area contributed by atoms with Gasteiger partial charge in [-0.1, -0.05) is 0 Å². The van der Waals surface area contributed by atoms with Gasteiger partial charge in [-0.25, -0.2) is 9.18 Å². The number of hydrogen-bond donors (Lipinski definition) is 2. The minimum Gasteiger partial charge on any atom is -0.465 e. The number of aliphatic hydroxyl groups is 1. The molecule has 0 aromatic rings. The number of likely N-dealkylation sites (tertiary alicyclic amines) is 1. The summed E-state index contributed by atoms with van der Waals surface area (Å²) in [5.74, 6) is 0. The topological polar surface area (TPSA) is 60.8 Å². The first-order chi connectivity index (χ1) is 5.11. The molecule has 5 heteroatoms. The van der Waals surface area contributed by atoms with Crippen LogP contribution in [0.3, 0.4) is 0 Å². The fourth-order valence-electron chi connectivity index (χ4n) is 1.11. The number of hydrogen-bond acceptors (Lipinski definition) is 2. The Balaban J connectivity index is 2.50. The average Bonchev–Trinajstić information content (AvgIpc) is 1.85. The zero-order valence-corrected chi connectivity index (χ0v) is 5.90. The van der Waals surface area contributed by atoms with E-state index in [4.69, 9.17) is 10.2 Å². The van der Waals surface area contributed by atoms with Crippen molar-refractivity contribution in [2.75, 3.05) is 6.54 Å². The lowest BCUT2D eigenvalue weighted by Crippen LogP contribution is -2.44. The molecular weight excluding hydrogens is 153 g/mol. The van der Waals surface area contributed by atoms with Crippen LogP contribution in [0.25, 0.3) is 0 Å². The van der Waals surface area contributed by atoms with Gasteiger partial charge in [0.05, 0.1) is 6.10 Å². The van der Waals surface area contributed by atoms with E-state index in [9.17, 15) is 9.18 Å². The van der Waals surface area contributed by atoms with E-state index in [-0.39, 0.29) is 13.0 Å². The Hall–Kier alpha value is -0.840. The highest BCUT2D eigenvalue weighted by atomic mass is 19.1. The summed E-state index contributed by atoms with van der Waals surface area (Å²) in [6.07, 6.45) is -3.28. The van der Waals surface area contributed by atoms with Crippen molar-refractivity contribution in [1.29, 1.82) is 0 Å². The van der Waals surface area contributed by atoms with E-state index < -0.39 is 18.5 Å². The van der Waals surface area contributed by atoms with Crippen LogP contribution < -0.4 is 0 Å². The molecule has 2 atom stereocenters. The summed E-state index contributed by atoms with van der Waals surface area (Å²) in [5, 5.41) is 17.3. The van der Waals surface area contributed by atoms with Gasteiger partial charge in [-0.3, -0.25) is 4.90 Å². The molecule has 1 fully saturated rings. The molecule has 0 radical (unpaired) electrons. The molecule has 64 valence electrons. The highest BCUT2D eigenvalue weighted by Crippen LogP contribution is 2.18. The number of nitrogens with zero attached hydrogens (tertiary/aromatic N) is 1. The molecule has 0 bridgehead atoms. The maximum atomic E-state index is 12.7. The number of alkyl halides is 1. The van der Waals surface area contributed by atoms with Gasteiger partial charge < -0.3 is 10.2 Å². The van der Waals surface area contributed by atoms with Crippen molar-refractivity contribution < 1.29 is 19.4 Å². The standard InChI is InChI=1S/C6H10FNO3/c7-5-3-4(9)1-2-8(5)6(10)11/h4-5,9H,1-3H2,(H,10,11). The summed E-state index contributed by atoms with van der Waals surface area (Å²) in [5.41, 5.74) is 0. The molecule has 1 aliphatic heterocycles. The molecule has 1 rings (SSSR count). The van der Waals surface area contributed by atoms with Crippen LogP contribution in [0.1, 0.15) is 12.8 Å². The van der Waals surface area contributed by atoms with Crippen LogP contribution in [-0.2, 0) is 0 Å². The number of rotatable bonds is 0. The van der Waals surface area contributed by atoms with E-state index in [1.54, 1.807) is 0 Å². The first-order valence-electron chi connectivity index (χ1n) is 3.43. The van der Waals surface area contributed by atoms with Crippen molar-refractivity contribution in [3.8, 4) is 0 Å². The van der Waals surface area contributed by atoms with Gasteiger partial charge in [-0.2, -0.15) is 0 Å². The second-order valence-corrected chi connectivity index (χ2v) is 2.59. The maximum Gasteiger partial charge on any atom is 0.409 e. The predicted octanol–water partition coefficient (Wildman–Crippen LogP) is 0.417. The molecule has 0 aliphatic carbocycles. The molecular formula is C6H10FNO3. The molecule has 4 nitrogen and oxygen atoms in total. The smallest absolute Gasteiger partial charge is 0.409 e. The average molecular weight is 163 g/mol. The van der Waals surface area contributed by atoms with Gasteiger partial charge in [-0.15, -0.1) is 0 Å². The van der Waals surface area contributed by atoms with Crippen LogP contribution in [0.5, 0.6) is 0 Å². The van der Waals surface area contributed by atoms with Crippen LogP contribution in [0.4, 0.5) is 9.18 Å². The SMILES string of the molecule is O=C(O)N1CCC(O)CC1F. The summed E-state index contributed by atoms with van der Waals surface area (Å²) in [6.45, 7) is 0.0810. The minimum atomic E-state index is -1.55. The Morgan fingerprint density at radius 2 is 2.27 bits per heavy atom. The first-order valence-corrected chi connectivity index (χ1v) is 3.43. The number of carbonyl (C=O) groups is 1. The van der Waals surface area contributed by atoms with Gasteiger partial charge in [0.15, 0.2) is 6.30 Å². The van der Waals surface area contributed by atoms with Crippen molar-refractivity contribution >= 4 is 6.09 Å². The van der Waals surface area contributed by atoms with Crippen molar-refractivity contribution in [2.45, 2.75) is 25.2 Å². The zero-order chi connectivity index (χ0) is 8.43. The zero-order valence-electron chi connectivity index (χ0n) is 5.90. The van der Waals surface area contributed by atoms with Crippen LogP contribution in [-0.4, -0.2) is 40.2 Å². The van der Waals surface area contributed by atoms with E-state index in [2.05, 4.69) is 0 Å². The number of piperidine rings is 1. The molecule has 0 spiro atoms. The van der Waals surface area contributed by atoms with E-state index in [0.717, 1.165) is 0 Å². The van der Waals surface area contributed by atoms with E-state index in [1.165, 1.54) is 0 Å². The van der Waals surface area contributed by atoms with Gasteiger partial charge in [0.1, 0.15) is 0 Å². The normalized spacial score (nSPS) is 32.0. The predicted molar refractivity (Wildman–Crippen MR) is 34.9 cm³/mol. The third kappa shape index (κ3) is 1.80. The van der Waals surface area contributed by atoms with E-state index in [0.29, 0.717) is 11.3 Å². The lowest BCUT2D eigenvalue weighted by atomic mass is 10.1. The fourth-order valence-corrected chi connectivity index (χ4v) is 1.11. The third-order valence-corrected chi connectivity index (χ3v) is 1.75. The number of amides is 1. The monoisotopic (exact) mass is 163 g/mol. The van der Waals surface area contributed by atoms with Crippen LogP contribution >= 0.6 is 0 Å². The molecule has 2 N–H and O–H groups in total. The largest absolute Gasteiger partial charge is 0.465 e. The molecule has 11 heavy (non-hydrogen) atoms. The van der Waals surface area contributed by atoms with Gasteiger partial charge in [0, 0.05) is 13.0 Å². The van der Waals surface area contributed by atoms with E-state index >= 15 is 0 Å². The van der Waals surface area contributed by atoms with Crippen molar-refractivity contribution in [2.24, 2.45) is 0 Å². The Morgan fingerprint density at radius 3 is 2.73 bits per heavy atom. The summed E-state index contributed by atoms with van der Waals surface area (Å²) in [6, 6.07) is 0. The van der Waals surface area contributed by atoms with Gasteiger partial charge in [-0.05, 0) is 6.42 Å². The van der Waals surface area contributed by atoms with Gasteiger partial charge in [0.25, 0.3) is 0 Å². The summed E-state index contributed by atoms with van der Waals surface area (Å²) in [7, 11) is 0. The minimum absolute atomic E-state index is 0.0810. The number of carboxylic acid groups (broad SMARTS) is 1. The van der Waals surface area contributed by atoms with Crippen LogP contribution in [0, 0.1) is 0 Å². The Labute approximate surface area is 63.2 Å². The van der Waals surface area contributed by atoms with Gasteiger partial charge in [0.2, 0.25) is 0 Å². The Kier molecular flexibility index (Phi) is 2.28. The highest BCUT2D eigenvalue weighted by Gasteiger charge is 2.30. The molecule has 1 heterocycles.